The topological polar surface area (TPSA) is 96.2 Å². The number of carbonyl (C=O) groups is 1. The van der Waals surface area contributed by atoms with Gasteiger partial charge in [-0.25, -0.2) is 0 Å². The molecule has 3 aliphatic carbocycles. The van der Waals surface area contributed by atoms with Gasteiger partial charge in [-0.2, -0.15) is 0 Å². The summed E-state index contributed by atoms with van der Waals surface area (Å²) in [6, 6.07) is 9.62. The van der Waals surface area contributed by atoms with E-state index in [1.165, 1.54) is 0 Å². The van der Waals surface area contributed by atoms with Crippen molar-refractivity contribution in [2.75, 3.05) is 0 Å². The van der Waals surface area contributed by atoms with Crippen LogP contribution in [0.2, 0.25) is 0 Å². The first-order chi connectivity index (χ1) is 15.0. The second kappa shape index (κ2) is 7.21. The van der Waals surface area contributed by atoms with E-state index in [0.717, 1.165) is 16.7 Å². The molecule has 1 unspecified atom stereocenters. The second-order valence-corrected chi connectivity index (χ2v) is 10.9. The highest BCUT2D eigenvalue weighted by atomic mass is 16.7. The van der Waals surface area contributed by atoms with Crippen LogP contribution in [0.15, 0.2) is 41.5 Å². The Labute approximate surface area is 189 Å². The molecule has 2 saturated carbocycles. The van der Waals surface area contributed by atoms with E-state index in [2.05, 4.69) is 13.8 Å². The molecule has 6 heteroatoms. The van der Waals surface area contributed by atoms with Crippen molar-refractivity contribution in [3.8, 4) is 0 Å². The maximum Gasteiger partial charge on any atom is 0.185 e. The number of aliphatic hydroxyl groups excluding tert-OH is 3. The van der Waals surface area contributed by atoms with Crippen LogP contribution in [0.5, 0.6) is 0 Å². The van der Waals surface area contributed by atoms with Gasteiger partial charge in [-0.15, -0.1) is 0 Å². The zero-order valence-corrected chi connectivity index (χ0v) is 19.2. The van der Waals surface area contributed by atoms with Crippen LogP contribution < -0.4 is 0 Å². The Kier molecular flexibility index (Phi) is 5.01. The number of ether oxygens (including phenoxy) is 2. The van der Waals surface area contributed by atoms with Crippen molar-refractivity contribution in [3.63, 3.8) is 0 Å². The van der Waals surface area contributed by atoms with E-state index < -0.39 is 53.1 Å². The molecule has 3 fully saturated rings. The van der Waals surface area contributed by atoms with E-state index in [1.807, 2.05) is 44.2 Å². The second-order valence-electron chi connectivity index (χ2n) is 10.9. The lowest BCUT2D eigenvalue weighted by atomic mass is 9.48. The molecule has 0 radical (unpaired) electrons. The smallest absolute Gasteiger partial charge is 0.185 e. The molecule has 174 valence electrons. The van der Waals surface area contributed by atoms with Gasteiger partial charge in [-0.1, -0.05) is 56.7 Å². The van der Waals surface area contributed by atoms with Gasteiger partial charge in [0.15, 0.2) is 6.29 Å². The molecular formula is C26H34O6. The fraction of sp³-hybridized carbons (Fsp3) is 0.654. The van der Waals surface area contributed by atoms with Crippen LogP contribution in [0.25, 0.3) is 0 Å². The summed E-state index contributed by atoms with van der Waals surface area (Å²) in [6.07, 6.45) is -2.78. The minimum atomic E-state index is -1.06. The first-order valence-corrected chi connectivity index (χ1v) is 11.7. The normalized spacial score (nSPS) is 45.7. The number of fused-ring (bicyclic) bond motifs is 3. The maximum absolute atomic E-state index is 13.5. The molecule has 5 rings (SSSR count). The van der Waals surface area contributed by atoms with E-state index in [4.69, 9.17) is 9.47 Å². The van der Waals surface area contributed by atoms with Crippen LogP contribution in [-0.4, -0.2) is 51.1 Å². The van der Waals surface area contributed by atoms with Crippen molar-refractivity contribution >= 4 is 5.78 Å². The predicted octanol–water partition coefficient (Wildman–Crippen LogP) is 3.06. The summed E-state index contributed by atoms with van der Waals surface area (Å²) in [4.78, 5) is 13.5. The molecule has 1 saturated heterocycles. The van der Waals surface area contributed by atoms with Crippen LogP contribution in [0, 0.1) is 16.7 Å². The summed E-state index contributed by atoms with van der Waals surface area (Å²) >= 11 is 0. The highest BCUT2D eigenvalue weighted by molar-refractivity contribution is 5.84. The first kappa shape index (κ1) is 22.2. The number of ketones is 1. The molecular weight excluding hydrogens is 408 g/mol. The molecule has 1 heterocycles. The van der Waals surface area contributed by atoms with Crippen LogP contribution >= 0.6 is 0 Å². The van der Waals surface area contributed by atoms with Gasteiger partial charge in [-0.3, -0.25) is 4.79 Å². The lowest BCUT2D eigenvalue weighted by Gasteiger charge is -2.60. The van der Waals surface area contributed by atoms with Gasteiger partial charge in [0.25, 0.3) is 0 Å². The third-order valence-corrected chi connectivity index (χ3v) is 9.22. The number of Topliss-reactive ketones (excluding diaryl/α,β-unsaturated/α-hetero) is 1. The fourth-order valence-electron chi connectivity index (χ4n) is 7.00. The summed E-state index contributed by atoms with van der Waals surface area (Å²) in [7, 11) is 0. The van der Waals surface area contributed by atoms with Crippen molar-refractivity contribution in [3.05, 3.63) is 47.0 Å². The van der Waals surface area contributed by atoms with Gasteiger partial charge >= 0.3 is 0 Å². The Morgan fingerprint density at radius 2 is 1.72 bits per heavy atom. The molecule has 3 N–H and O–H groups in total. The van der Waals surface area contributed by atoms with E-state index in [1.54, 1.807) is 0 Å². The quantitative estimate of drug-likeness (QED) is 0.579. The monoisotopic (exact) mass is 442 g/mol. The molecule has 6 nitrogen and oxygen atoms in total. The van der Waals surface area contributed by atoms with Crippen LogP contribution in [-0.2, 0) is 14.3 Å². The molecule has 1 aromatic rings. The Morgan fingerprint density at radius 1 is 1.03 bits per heavy atom. The SMILES string of the molecule is CC1=C2C[C@H](O)[C@]3(C)[C@@H](O)CCC(=O)[C@H]3[C@@H]3OC(c4ccccc4)O[C@@]3(C[C@@H]1O)C2(C)C. The fourth-order valence-corrected chi connectivity index (χ4v) is 7.00. The highest BCUT2D eigenvalue weighted by Gasteiger charge is 2.71. The number of carbonyl (C=O) groups excluding carboxylic acids is 1. The predicted molar refractivity (Wildman–Crippen MR) is 117 cm³/mol. The highest BCUT2D eigenvalue weighted by Crippen LogP contribution is 2.64. The molecule has 4 aliphatic rings. The van der Waals surface area contributed by atoms with Crippen LogP contribution in [0.3, 0.4) is 0 Å². The number of hydrogen-bond donors (Lipinski definition) is 3. The Morgan fingerprint density at radius 3 is 2.41 bits per heavy atom. The van der Waals surface area contributed by atoms with E-state index >= 15 is 0 Å². The number of benzene rings is 1. The minimum absolute atomic E-state index is 0.0152. The molecule has 8 atom stereocenters. The van der Waals surface area contributed by atoms with Crippen LogP contribution in [0.1, 0.15) is 65.2 Å². The zero-order valence-electron chi connectivity index (χ0n) is 19.2. The third kappa shape index (κ3) is 2.74. The Balaban J connectivity index is 1.75. The number of rotatable bonds is 1. The summed E-state index contributed by atoms with van der Waals surface area (Å²) in [5.41, 5.74) is -0.0155. The van der Waals surface area contributed by atoms with Crippen molar-refractivity contribution in [2.24, 2.45) is 16.7 Å². The molecule has 2 bridgehead atoms. The van der Waals surface area contributed by atoms with Gasteiger partial charge in [0.05, 0.1) is 24.2 Å². The standard InChI is InChI=1S/C26H34O6/c1-14-16-12-20(30)25(4)19(29)11-10-17(27)21(25)22-26(13-18(14)28,24(16,2)3)32-23(31-22)15-8-6-5-7-9-15/h5-9,18-23,28-30H,10-13H2,1-4H3/t18-,19-,20-,21-,22-,23?,25-,26+/m0/s1. The Hall–Kier alpha value is -1.57. The van der Waals surface area contributed by atoms with Gasteiger partial charge in [0.1, 0.15) is 17.5 Å². The van der Waals surface area contributed by atoms with Gasteiger partial charge < -0.3 is 24.8 Å². The van der Waals surface area contributed by atoms with Gasteiger partial charge in [0.2, 0.25) is 0 Å². The molecule has 1 aliphatic heterocycles. The van der Waals surface area contributed by atoms with Gasteiger partial charge in [0, 0.05) is 29.2 Å². The summed E-state index contributed by atoms with van der Waals surface area (Å²) in [5, 5.41) is 33.7. The van der Waals surface area contributed by atoms with E-state index in [9.17, 15) is 20.1 Å². The molecule has 32 heavy (non-hydrogen) atoms. The summed E-state index contributed by atoms with van der Waals surface area (Å²) in [6.45, 7) is 7.86. The lowest BCUT2D eigenvalue weighted by molar-refractivity contribution is -0.194. The first-order valence-electron chi connectivity index (χ1n) is 11.7. The van der Waals surface area contributed by atoms with Crippen molar-refractivity contribution < 1.29 is 29.6 Å². The maximum atomic E-state index is 13.5. The molecule has 1 spiro atoms. The molecule has 0 aromatic heterocycles. The Bertz CT molecular complexity index is 954. The molecule has 1 aromatic carbocycles. The van der Waals surface area contributed by atoms with Crippen molar-refractivity contribution in [2.45, 2.75) is 89.7 Å². The van der Waals surface area contributed by atoms with Crippen molar-refractivity contribution in [1.82, 2.24) is 0 Å². The van der Waals surface area contributed by atoms with E-state index in [-0.39, 0.29) is 18.6 Å². The largest absolute Gasteiger partial charge is 0.392 e. The lowest BCUT2D eigenvalue weighted by Crippen LogP contribution is -2.68. The van der Waals surface area contributed by atoms with E-state index in [0.29, 0.717) is 12.8 Å². The van der Waals surface area contributed by atoms with Crippen LogP contribution in [0.4, 0.5) is 0 Å². The summed E-state index contributed by atoms with van der Waals surface area (Å²) in [5.74, 6) is -0.750. The zero-order chi connectivity index (χ0) is 23.1. The number of aliphatic hydroxyl groups is 3. The van der Waals surface area contributed by atoms with Gasteiger partial charge in [-0.05, 0) is 25.3 Å². The molecule has 0 amide bonds. The number of hydrogen-bond acceptors (Lipinski definition) is 6. The average Bonchev–Trinajstić information content (AvgIpc) is 3.13. The van der Waals surface area contributed by atoms with Crippen molar-refractivity contribution in [1.29, 1.82) is 0 Å². The summed E-state index contributed by atoms with van der Waals surface area (Å²) < 4.78 is 13.3. The average molecular weight is 443 g/mol. The third-order valence-electron chi connectivity index (χ3n) is 9.22. The minimum Gasteiger partial charge on any atom is -0.392 e.